The number of halogens is 4. The van der Waals surface area contributed by atoms with Crippen molar-refractivity contribution in [2.24, 2.45) is 0 Å². The third-order valence-corrected chi connectivity index (χ3v) is 3.20. The van der Waals surface area contributed by atoms with E-state index in [0.717, 1.165) is 12.1 Å². The molecule has 0 atom stereocenters. The highest BCUT2D eigenvalue weighted by molar-refractivity contribution is 14.1. The Morgan fingerprint density at radius 1 is 0.947 bits per heavy atom. The Bertz CT molecular complexity index is 626. The number of anilines is 1. The lowest BCUT2D eigenvalue weighted by Gasteiger charge is -2.07. The Labute approximate surface area is 120 Å². The van der Waals surface area contributed by atoms with Crippen molar-refractivity contribution < 1.29 is 18.0 Å². The van der Waals surface area contributed by atoms with Gasteiger partial charge in [-0.1, -0.05) is 0 Å². The maximum Gasteiger partial charge on any atom is 0.255 e. The molecule has 0 saturated carbocycles. The van der Waals surface area contributed by atoms with Crippen LogP contribution in [-0.2, 0) is 0 Å². The first-order chi connectivity index (χ1) is 8.95. The molecule has 6 heteroatoms. The fourth-order valence-electron chi connectivity index (χ4n) is 1.47. The van der Waals surface area contributed by atoms with Crippen LogP contribution in [0, 0.1) is 21.0 Å². The highest BCUT2D eigenvalue weighted by atomic mass is 127. The normalized spacial score (nSPS) is 10.3. The average molecular weight is 377 g/mol. The number of hydrogen-bond acceptors (Lipinski definition) is 1. The van der Waals surface area contributed by atoms with Crippen LogP contribution in [-0.4, -0.2) is 5.91 Å². The standard InChI is InChI=1S/C13H7F3INO/c14-8-1-2-12(11(17)6-8)18-13(19)7-3-9(15)5-10(16)4-7/h1-6H,(H,18,19). The summed E-state index contributed by atoms with van der Waals surface area (Å²) in [6.07, 6.45) is 0. The van der Waals surface area contributed by atoms with E-state index in [1.54, 1.807) is 0 Å². The van der Waals surface area contributed by atoms with E-state index in [2.05, 4.69) is 5.32 Å². The Kier molecular flexibility index (Phi) is 4.08. The molecule has 0 aromatic heterocycles. The number of hydrogen-bond donors (Lipinski definition) is 1. The molecule has 2 nitrogen and oxygen atoms in total. The van der Waals surface area contributed by atoms with E-state index in [9.17, 15) is 18.0 Å². The second-order valence-electron chi connectivity index (χ2n) is 3.74. The van der Waals surface area contributed by atoms with Gasteiger partial charge in [0.05, 0.1) is 5.69 Å². The summed E-state index contributed by atoms with van der Waals surface area (Å²) in [6.45, 7) is 0. The molecule has 2 aromatic rings. The van der Waals surface area contributed by atoms with Crippen molar-refractivity contribution >= 4 is 34.2 Å². The zero-order valence-electron chi connectivity index (χ0n) is 9.38. The van der Waals surface area contributed by atoms with Crippen molar-refractivity contribution in [3.05, 3.63) is 63.0 Å². The Morgan fingerprint density at radius 3 is 2.16 bits per heavy atom. The molecule has 1 N–H and O–H groups in total. The second kappa shape index (κ2) is 5.60. The molecule has 0 bridgehead atoms. The van der Waals surface area contributed by atoms with Gasteiger partial charge in [0.15, 0.2) is 0 Å². The molecule has 2 rings (SSSR count). The molecule has 0 aliphatic carbocycles. The maximum absolute atomic E-state index is 13.0. The first-order valence-corrected chi connectivity index (χ1v) is 6.26. The van der Waals surface area contributed by atoms with Gasteiger partial charge in [-0.3, -0.25) is 4.79 Å². The van der Waals surface area contributed by atoms with Gasteiger partial charge in [0.2, 0.25) is 0 Å². The van der Waals surface area contributed by atoms with Crippen LogP contribution < -0.4 is 5.32 Å². The maximum atomic E-state index is 13.0. The number of rotatable bonds is 2. The van der Waals surface area contributed by atoms with Gasteiger partial charge in [-0.2, -0.15) is 0 Å². The Hall–Kier alpha value is -1.57. The SMILES string of the molecule is O=C(Nc1ccc(F)cc1I)c1cc(F)cc(F)c1. The van der Waals surface area contributed by atoms with Gasteiger partial charge in [-0.15, -0.1) is 0 Å². The van der Waals surface area contributed by atoms with Crippen LogP contribution in [0.2, 0.25) is 0 Å². The largest absolute Gasteiger partial charge is 0.321 e. The summed E-state index contributed by atoms with van der Waals surface area (Å²) in [5.41, 5.74) is 0.231. The van der Waals surface area contributed by atoms with E-state index in [1.807, 2.05) is 22.6 Å². The molecule has 0 heterocycles. The molecule has 0 spiro atoms. The van der Waals surface area contributed by atoms with Crippen molar-refractivity contribution in [3.63, 3.8) is 0 Å². The first kappa shape index (κ1) is 13.9. The number of carbonyl (C=O) groups excluding carboxylic acids is 1. The minimum atomic E-state index is -0.834. The molecular weight excluding hydrogens is 370 g/mol. The number of benzene rings is 2. The summed E-state index contributed by atoms with van der Waals surface area (Å²) < 4.78 is 39.4. The van der Waals surface area contributed by atoms with Gasteiger partial charge in [0, 0.05) is 15.2 Å². The highest BCUT2D eigenvalue weighted by Gasteiger charge is 2.11. The van der Waals surface area contributed by atoms with Gasteiger partial charge >= 0.3 is 0 Å². The molecule has 0 aliphatic rings. The molecule has 0 radical (unpaired) electrons. The van der Waals surface area contributed by atoms with Gasteiger partial charge < -0.3 is 5.32 Å². The summed E-state index contributed by atoms with van der Waals surface area (Å²) in [5, 5.41) is 2.46. The van der Waals surface area contributed by atoms with Crippen molar-refractivity contribution in [2.45, 2.75) is 0 Å². The molecule has 98 valence electrons. The smallest absolute Gasteiger partial charge is 0.255 e. The van der Waals surface area contributed by atoms with Crippen molar-refractivity contribution in [2.75, 3.05) is 5.32 Å². The third kappa shape index (κ3) is 3.46. The molecule has 0 saturated heterocycles. The van der Waals surface area contributed by atoms with Crippen LogP contribution >= 0.6 is 22.6 Å². The van der Waals surface area contributed by atoms with Crippen molar-refractivity contribution in [3.8, 4) is 0 Å². The molecule has 2 aromatic carbocycles. The molecule has 19 heavy (non-hydrogen) atoms. The predicted octanol–water partition coefficient (Wildman–Crippen LogP) is 3.96. The third-order valence-electron chi connectivity index (χ3n) is 2.30. The van der Waals surface area contributed by atoms with Crippen LogP contribution in [0.4, 0.5) is 18.9 Å². The van der Waals surface area contributed by atoms with E-state index in [4.69, 9.17) is 0 Å². The predicted molar refractivity (Wildman–Crippen MR) is 73.4 cm³/mol. The zero-order valence-corrected chi connectivity index (χ0v) is 11.5. The van der Waals surface area contributed by atoms with Crippen LogP contribution in [0.3, 0.4) is 0 Å². The lowest BCUT2D eigenvalue weighted by atomic mass is 10.2. The Morgan fingerprint density at radius 2 is 1.58 bits per heavy atom. The van der Waals surface area contributed by atoms with Crippen molar-refractivity contribution in [1.82, 2.24) is 0 Å². The lowest BCUT2D eigenvalue weighted by molar-refractivity contribution is 0.102. The molecule has 0 fully saturated rings. The monoisotopic (exact) mass is 377 g/mol. The topological polar surface area (TPSA) is 29.1 Å². The van der Waals surface area contributed by atoms with E-state index in [0.29, 0.717) is 15.3 Å². The van der Waals surface area contributed by atoms with E-state index in [-0.39, 0.29) is 5.56 Å². The molecule has 0 unspecified atom stereocenters. The van der Waals surface area contributed by atoms with Gasteiger partial charge in [-0.05, 0) is 52.9 Å². The van der Waals surface area contributed by atoms with Crippen LogP contribution in [0.5, 0.6) is 0 Å². The Balaban J connectivity index is 2.25. The number of nitrogens with one attached hydrogen (secondary N) is 1. The van der Waals surface area contributed by atoms with Gasteiger partial charge in [-0.25, -0.2) is 13.2 Å². The first-order valence-electron chi connectivity index (χ1n) is 5.18. The van der Waals surface area contributed by atoms with Gasteiger partial charge in [0.1, 0.15) is 17.5 Å². The minimum Gasteiger partial charge on any atom is -0.321 e. The summed E-state index contributed by atoms with van der Waals surface area (Å²) in [7, 11) is 0. The molecular formula is C13H7F3INO. The number of amides is 1. The van der Waals surface area contributed by atoms with Crippen molar-refractivity contribution in [1.29, 1.82) is 0 Å². The fourth-order valence-corrected chi connectivity index (χ4v) is 2.08. The second-order valence-corrected chi connectivity index (χ2v) is 4.90. The average Bonchev–Trinajstić information content (AvgIpc) is 2.31. The van der Waals surface area contributed by atoms with Crippen LogP contribution in [0.25, 0.3) is 0 Å². The van der Waals surface area contributed by atoms with E-state index in [1.165, 1.54) is 18.2 Å². The highest BCUT2D eigenvalue weighted by Crippen LogP contribution is 2.20. The summed E-state index contributed by atoms with van der Waals surface area (Å²) >= 11 is 1.85. The van der Waals surface area contributed by atoms with Crippen LogP contribution in [0.15, 0.2) is 36.4 Å². The fraction of sp³-hybridized carbons (Fsp3) is 0. The summed E-state index contributed by atoms with van der Waals surface area (Å²) in [5.74, 6) is -2.76. The summed E-state index contributed by atoms with van der Waals surface area (Å²) in [6, 6.07) is 6.33. The lowest BCUT2D eigenvalue weighted by Crippen LogP contribution is -2.13. The van der Waals surface area contributed by atoms with E-state index >= 15 is 0 Å². The number of carbonyl (C=O) groups is 1. The minimum absolute atomic E-state index is 0.141. The zero-order chi connectivity index (χ0) is 14.0. The molecule has 0 aliphatic heterocycles. The van der Waals surface area contributed by atoms with E-state index < -0.39 is 23.4 Å². The summed E-state index contributed by atoms with van der Waals surface area (Å²) in [4.78, 5) is 11.8. The van der Waals surface area contributed by atoms with Crippen LogP contribution in [0.1, 0.15) is 10.4 Å². The quantitative estimate of drug-likeness (QED) is 0.789. The van der Waals surface area contributed by atoms with Gasteiger partial charge in [0.25, 0.3) is 5.91 Å². The molecule has 1 amide bonds.